The largest absolute Gasteiger partial charge is 0.756 e. The molecule has 0 saturated carbocycles. The van der Waals surface area contributed by atoms with Gasteiger partial charge in [-0.25, -0.2) is 0 Å². The number of phosphoric ester groups is 1. The number of hydrogen-bond donors (Lipinski definition) is 1. The van der Waals surface area contributed by atoms with Crippen LogP contribution in [-0.4, -0.2) is 69.4 Å². The number of unbranched alkanes of at least 4 members (excludes halogenated alkanes) is 19. The predicted octanol–water partition coefficient (Wildman–Crippen LogP) is 16.2. The number of allylic oxidation sites excluding steroid dienone is 15. The van der Waals surface area contributed by atoms with E-state index >= 15 is 0 Å². The fourth-order valence-electron chi connectivity index (χ4n) is 7.42. The standard InChI is InChI=1S/C60H105N2O7P/c1-7-10-13-16-19-22-25-28-29-30-31-32-33-35-37-40-43-46-49-52-59(63)61-57(56-68-70(65,66)67-55-54-62(4,5)6)58(51-48-45-42-39-36-27-24-21-18-15-12-9-3)69-60(64)53-50-47-44-41-38-34-26-23-20-17-14-11-8-2/h10,13,19,22,28-29,31-32,34-35,37-38,44,47-48,51,57-58H,7-9,11-12,14-18,20-21,23-27,30,33,36,39-43,45-46,49-50,52-56H2,1-6H3,(H-,61,63,65,66)/b13-10-,22-19-,29-28-,32-31-,37-35-,38-34-,47-44+,51-48-. The van der Waals surface area contributed by atoms with Gasteiger partial charge in [-0.3, -0.25) is 14.2 Å². The van der Waals surface area contributed by atoms with Crippen LogP contribution in [0.3, 0.4) is 0 Å². The minimum Gasteiger partial charge on any atom is -0.756 e. The van der Waals surface area contributed by atoms with E-state index < -0.39 is 32.5 Å². The van der Waals surface area contributed by atoms with E-state index in [-0.39, 0.29) is 25.4 Å². The number of quaternary nitrogens is 1. The zero-order valence-electron chi connectivity index (χ0n) is 45.7. The summed E-state index contributed by atoms with van der Waals surface area (Å²) in [4.78, 5) is 39.7. The summed E-state index contributed by atoms with van der Waals surface area (Å²) in [7, 11) is 1.12. The first-order valence-corrected chi connectivity index (χ1v) is 29.5. The molecule has 0 bridgehead atoms. The van der Waals surface area contributed by atoms with Gasteiger partial charge in [0, 0.05) is 12.8 Å². The first-order chi connectivity index (χ1) is 33.9. The van der Waals surface area contributed by atoms with Crippen molar-refractivity contribution >= 4 is 19.7 Å². The Hall–Kier alpha value is -3.07. The van der Waals surface area contributed by atoms with Gasteiger partial charge in [0.25, 0.3) is 7.82 Å². The lowest BCUT2D eigenvalue weighted by molar-refractivity contribution is -0.870. The zero-order chi connectivity index (χ0) is 51.5. The van der Waals surface area contributed by atoms with Gasteiger partial charge in [-0.15, -0.1) is 0 Å². The molecule has 0 aromatic heterocycles. The molecular weight excluding hydrogens is 892 g/mol. The first-order valence-electron chi connectivity index (χ1n) is 28.0. The van der Waals surface area contributed by atoms with Crippen LogP contribution in [0.25, 0.3) is 0 Å². The molecule has 0 aromatic rings. The molecule has 0 aliphatic carbocycles. The quantitative estimate of drug-likeness (QED) is 0.0212. The van der Waals surface area contributed by atoms with Crippen LogP contribution in [0.15, 0.2) is 97.2 Å². The van der Waals surface area contributed by atoms with Gasteiger partial charge < -0.3 is 28.5 Å². The number of phosphoric acid groups is 1. The Morgan fingerprint density at radius 2 is 0.929 bits per heavy atom. The second-order valence-corrected chi connectivity index (χ2v) is 21.1. The third-order valence-corrected chi connectivity index (χ3v) is 12.7. The van der Waals surface area contributed by atoms with Crippen LogP contribution in [0.4, 0.5) is 0 Å². The summed E-state index contributed by atoms with van der Waals surface area (Å²) >= 11 is 0. The summed E-state index contributed by atoms with van der Waals surface area (Å²) in [5.41, 5.74) is 0. The first kappa shape index (κ1) is 66.9. The minimum atomic E-state index is -4.72. The average Bonchev–Trinajstić information content (AvgIpc) is 3.32. The van der Waals surface area contributed by atoms with E-state index in [2.05, 4.69) is 105 Å². The molecule has 10 heteroatoms. The Balaban J connectivity index is 5.49. The van der Waals surface area contributed by atoms with E-state index in [1.807, 2.05) is 33.3 Å². The van der Waals surface area contributed by atoms with Crippen molar-refractivity contribution in [3.05, 3.63) is 97.2 Å². The summed E-state index contributed by atoms with van der Waals surface area (Å²) in [6, 6.07) is -0.932. The Morgan fingerprint density at radius 1 is 0.514 bits per heavy atom. The molecule has 0 aliphatic rings. The summed E-state index contributed by atoms with van der Waals surface area (Å²) in [6.45, 7) is 6.63. The van der Waals surface area contributed by atoms with Gasteiger partial charge in [-0.2, -0.15) is 0 Å². The minimum absolute atomic E-state index is 0.0411. The molecule has 1 N–H and O–H groups in total. The third-order valence-electron chi connectivity index (χ3n) is 11.8. The van der Waals surface area contributed by atoms with E-state index in [0.29, 0.717) is 23.9 Å². The Kier molecular flexibility index (Phi) is 47.3. The van der Waals surface area contributed by atoms with Crippen molar-refractivity contribution in [1.82, 2.24) is 5.32 Å². The maximum atomic E-state index is 13.5. The van der Waals surface area contributed by atoms with Gasteiger partial charge in [0.2, 0.25) is 5.91 Å². The highest BCUT2D eigenvalue weighted by Crippen LogP contribution is 2.38. The van der Waals surface area contributed by atoms with Crippen molar-refractivity contribution in [2.24, 2.45) is 0 Å². The van der Waals surface area contributed by atoms with Crippen LogP contribution in [0.2, 0.25) is 0 Å². The summed E-state index contributed by atoms with van der Waals surface area (Å²) < 4.78 is 30.1. The van der Waals surface area contributed by atoms with Crippen molar-refractivity contribution in [3.63, 3.8) is 0 Å². The average molecular weight is 997 g/mol. The van der Waals surface area contributed by atoms with Crippen molar-refractivity contribution in [3.8, 4) is 0 Å². The van der Waals surface area contributed by atoms with Crippen molar-refractivity contribution in [2.45, 2.75) is 232 Å². The van der Waals surface area contributed by atoms with E-state index in [1.165, 1.54) is 89.9 Å². The molecule has 0 saturated heterocycles. The lowest BCUT2D eigenvalue weighted by Crippen LogP contribution is -2.47. The molecule has 0 spiro atoms. The zero-order valence-corrected chi connectivity index (χ0v) is 46.6. The van der Waals surface area contributed by atoms with E-state index in [4.69, 9.17) is 13.8 Å². The number of nitrogens with one attached hydrogen (secondary N) is 1. The van der Waals surface area contributed by atoms with Gasteiger partial charge in [-0.1, -0.05) is 208 Å². The molecule has 70 heavy (non-hydrogen) atoms. The fourth-order valence-corrected chi connectivity index (χ4v) is 8.15. The van der Waals surface area contributed by atoms with Gasteiger partial charge in [-0.05, 0) is 96.0 Å². The number of carbonyl (C=O) groups is 2. The van der Waals surface area contributed by atoms with E-state index in [0.717, 1.165) is 83.5 Å². The topological polar surface area (TPSA) is 114 Å². The van der Waals surface area contributed by atoms with Crippen LogP contribution in [-0.2, 0) is 27.9 Å². The Morgan fingerprint density at radius 3 is 1.40 bits per heavy atom. The van der Waals surface area contributed by atoms with Crippen LogP contribution in [0, 0.1) is 0 Å². The summed E-state index contributed by atoms with van der Waals surface area (Å²) in [5.74, 6) is -0.664. The Labute approximate surface area is 430 Å². The number of esters is 1. The van der Waals surface area contributed by atoms with E-state index in [1.54, 1.807) is 6.08 Å². The maximum absolute atomic E-state index is 13.5. The van der Waals surface area contributed by atoms with Gasteiger partial charge in [0.15, 0.2) is 0 Å². The molecule has 3 unspecified atom stereocenters. The number of hydrogen-bond acceptors (Lipinski definition) is 7. The molecule has 9 nitrogen and oxygen atoms in total. The monoisotopic (exact) mass is 997 g/mol. The number of ether oxygens (including phenoxy) is 1. The molecule has 402 valence electrons. The summed E-state index contributed by atoms with van der Waals surface area (Å²) in [6.07, 6.45) is 65.3. The SMILES string of the molecule is CC/C=C\C/C=C\C/C=C\C/C=C\C/C=C\CCCCCC(=O)NC(COP(=O)([O-])OCC[N+](C)(C)C)C(/C=C\CCCCCCCCCCCC)OC(=O)CC/C=C/C/C=C\CCCCCCCC. The van der Waals surface area contributed by atoms with Crippen molar-refractivity contribution < 1.29 is 37.3 Å². The lowest BCUT2D eigenvalue weighted by Gasteiger charge is -2.30. The number of carbonyl (C=O) groups excluding carboxylic acids is 2. The lowest BCUT2D eigenvalue weighted by atomic mass is 10.1. The molecule has 0 aliphatic heterocycles. The molecule has 0 heterocycles. The molecule has 0 fully saturated rings. The number of likely N-dealkylation sites (N-methyl/N-ethyl adjacent to an activating group) is 1. The Bertz CT molecular complexity index is 1520. The smallest absolute Gasteiger partial charge is 0.306 e. The highest BCUT2D eigenvalue weighted by atomic mass is 31.2. The molecule has 1 amide bonds. The van der Waals surface area contributed by atoms with Gasteiger partial charge in [0.1, 0.15) is 19.3 Å². The van der Waals surface area contributed by atoms with Crippen molar-refractivity contribution in [2.75, 3.05) is 40.9 Å². The molecule has 3 atom stereocenters. The highest BCUT2D eigenvalue weighted by molar-refractivity contribution is 7.45. The number of rotatable bonds is 49. The fraction of sp³-hybridized carbons (Fsp3) is 0.700. The van der Waals surface area contributed by atoms with Crippen LogP contribution < -0.4 is 10.2 Å². The van der Waals surface area contributed by atoms with Gasteiger partial charge >= 0.3 is 5.97 Å². The van der Waals surface area contributed by atoms with Crippen LogP contribution in [0.1, 0.15) is 220 Å². The van der Waals surface area contributed by atoms with E-state index in [9.17, 15) is 19.0 Å². The van der Waals surface area contributed by atoms with Crippen LogP contribution >= 0.6 is 7.82 Å². The molecule has 0 radical (unpaired) electrons. The molecule has 0 rings (SSSR count). The maximum Gasteiger partial charge on any atom is 0.306 e. The number of nitrogens with zero attached hydrogens (tertiary/aromatic N) is 1. The predicted molar refractivity (Wildman–Crippen MR) is 297 cm³/mol. The number of amides is 1. The summed E-state index contributed by atoms with van der Waals surface area (Å²) in [5, 5.41) is 2.98. The highest BCUT2D eigenvalue weighted by Gasteiger charge is 2.27. The third kappa shape index (κ3) is 49.9. The van der Waals surface area contributed by atoms with Crippen molar-refractivity contribution in [1.29, 1.82) is 0 Å². The molecular formula is C60H105N2O7P. The van der Waals surface area contributed by atoms with Gasteiger partial charge in [0.05, 0.1) is 33.8 Å². The normalized spacial score (nSPS) is 14.6. The molecule has 0 aromatic carbocycles. The second kappa shape index (κ2) is 49.5. The second-order valence-electron chi connectivity index (χ2n) is 19.7. The van der Waals surface area contributed by atoms with Crippen LogP contribution in [0.5, 0.6) is 0 Å².